The lowest BCUT2D eigenvalue weighted by Crippen LogP contribution is -2.42. The fourth-order valence-corrected chi connectivity index (χ4v) is 1.83. The maximum Gasteiger partial charge on any atom is 0.326 e. The second-order valence-electron chi connectivity index (χ2n) is 5.01. The third-order valence-electron chi connectivity index (χ3n) is 2.66. The normalized spacial score (nSPS) is 12.2. The number of carbonyl (C=O) groups is 2. The van der Waals surface area contributed by atoms with E-state index in [4.69, 9.17) is 10.8 Å². The van der Waals surface area contributed by atoms with Crippen molar-refractivity contribution in [2.24, 2.45) is 5.92 Å². The summed E-state index contributed by atoms with van der Waals surface area (Å²) in [6.07, 6.45) is 0.547. The molecule has 1 amide bonds. The highest BCUT2D eigenvalue weighted by molar-refractivity contribution is 5.84. The molecule has 1 aromatic rings. The molecular weight excluding hydrogens is 244 g/mol. The molecule has 0 unspecified atom stereocenters. The summed E-state index contributed by atoms with van der Waals surface area (Å²) in [7, 11) is 0. The van der Waals surface area contributed by atoms with Crippen molar-refractivity contribution in [1.29, 1.82) is 0 Å². The molecule has 0 bridgehead atoms. The van der Waals surface area contributed by atoms with Crippen molar-refractivity contribution in [2.45, 2.75) is 32.7 Å². The molecular formula is C14H20N2O3. The molecule has 0 aliphatic rings. The number of aliphatic carboxylic acids is 1. The summed E-state index contributed by atoms with van der Waals surface area (Å²) in [4.78, 5) is 22.8. The van der Waals surface area contributed by atoms with Gasteiger partial charge in [-0.05, 0) is 30.0 Å². The zero-order valence-corrected chi connectivity index (χ0v) is 11.2. The van der Waals surface area contributed by atoms with E-state index in [1.54, 1.807) is 24.3 Å². The van der Waals surface area contributed by atoms with E-state index in [0.717, 1.165) is 5.56 Å². The smallest absolute Gasteiger partial charge is 0.326 e. The number of carboxylic acids is 1. The lowest BCUT2D eigenvalue weighted by Gasteiger charge is -2.16. The van der Waals surface area contributed by atoms with Gasteiger partial charge in [0.05, 0.1) is 6.42 Å². The van der Waals surface area contributed by atoms with Crippen LogP contribution in [0, 0.1) is 5.92 Å². The van der Waals surface area contributed by atoms with Crippen LogP contribution in [-0.4, -0.2) is 23.0 Å². The van der Waals surface area contributed by atoms with Gasteiger partial charge in [0.1, 0.15) is 6.04 Å². The molecule has 5 heteroatoms. The van der Waals surface area contributed by atoms with Gasteiger partial charge in [0.25, 0.3) is 0 Å². The van der Waals surface area contributed by atoms with Gasteiger partial charge >= 0.3 is 5.97 Å². The molecule has 4 N–H and O–H groups in total. The van der Waals surface area contributed by atoms with Crippen LogP contribution >= 0.6 is 0 Å². The SMILES string of the molecule is CC(C)C[C@@H](NC(=O)Cc1cccc(N)c1)C(=O)O. The molecule has 0 spiro atoms. The molecule has 0 saturated carbocycles. The number of nitrogens with two attached hydrogens (primary N) is 1. The minimum Gasteiger partial charge on any atom is -0.480 e. The number of hydrogen-bond acceptors (Lipinski definition) is 3. The average molecular weight is 264 g/mol. The standard InChI is InChI=1S/C14H20N2O3/c1-9(2)6-12(14(18)19)16-13(17)8-10-4-3-5-11(15)7-10/h3-5,7,9,12H,6,8,15H2,1-2H3,(H,16,17)(H,18,19)/t12-/m1/s1. The van der Waals surface area contributed by atoms with E-state index in [9.17, 15) is 9.59 Å². The fraction of sp³-hybridized carbons (Fsp3) is 0.429. The van der Waals surface area contributed by atoms with Gasteiger partial charge in [-0.2, -0.15) is 0 Å². The zero-order chi connectivity index (χ0) is 14.4. The van der Waals surface area contributed by atoms with Crippen LogP contribution in [0.4, 0.5) is 5.69 Å². The molecule has 1 rings (SSSR count). The predicted molar refractivity (Wildman–Crippen MR) is 73.6 cm³/mol. The first-order chi connectivity index (χ1) is 8.88. The fourth-order valence-electron chi connectivity index (χ4n) is 1.83. The largest absolute Gasteiger partial charge is 0.480 e. The van der Waals surface area contributed by atoms with Crippen LogP contribution < -0.4 is 11.1 Å². The first-order valence-corrected chi connectivity index (χ1v) is 6.25. The van der Waals surface area contributed by atoms with Gasteiger partial charge in [0.15, 0.2) is 0 Å². The molecule has 0 radical (unpaired) electrons. The molecule has 0 aliphatic carbocycles. The topological polar surface area (TPSA) is 92.4 Å². The van der Waals surface area contributed by atoms with Crippen molar-refractivity contribution in [3.63, 3.8) is 0 Å². The van der Waals surface area contributed by atoms with E-state index in [-0.39, 0.29) is 18.2 Å². The van der Waals surface area contributed by atoms with Gasteiger partial charge < -0.3 is 16.2 Å². The number of rotatable bonds is 6. The van der Waals surface area contributed by atoms with Gasteiger partial charge in [0, 0.05) is 5.69 Å². The van der Waals surface area contributed by atoms with Crippen molar-refractivity contribution in [3.8, 4) is 0 Å². The summed E-state index contributed by atoms with van der Waals surface area (Å²) >= 11 is 0. The van der Waals surface area contributed by atoms with Crippen LogP contribution in [0.15, 0.2) is 24.3 Å². The van der Waals surface area contributed by atoms with E-state index >= 15 is 0 Å². The Bertz CT molecular complexity index is 458. The van der Waals surface area contributed by atoms with Crippen LogP contribution in [-0.2, 0) is 16.0 Å². The number of carbonyl (C=O) groups excluding carboxylic acids is 1. The van der Waals surface area contributed by atoms with Gasteiger partial charge in [-0.15, -0.1) is 0 Å². The van der Waals surface area contributed by atoms with Gasteiger partial charge in [0.2, 0.25) is 5.91 Å². The number of amides is 1. The van der Waals surface area contributed by atoms with E-state index in [1.165, 1.54) is 0 Å². The van der Waals surface area contributed by atoms with Crippen LogP contribution in [0.3, 0.4) is 0 Å². The second kappa shape index (κ2) is 6.78. The van der Waals surface area contributed by atoms with E-state index in [0.29, 0.717) is 12.1 Å². The number of hydrogen-bond donors (Lipinski definition) is 3. The highest BCUT2D eigenvalue weighted by Gasteiger charge is 2.20. The van der Waals surface area contributed by atoms with Crippen molar-refractivity contribution in [1.82, 2.24) is 5.32 Å². The Morgan fingerprint density at radius 3 is 2.58 bits per heavy atom. The molecule has 0 saturated heterocycles. The summed E-state index contributed by atoms with van der Waals surface area (Å²) in [6, 6.07) is 6.15. The van der Waals surface area contributed by atoms with Gasteiger partial charge in [-0.3, -0.25) is 4.79 Å². The molecule has 1 atom stereocenters. The average Bonchev–Trinajstić information content (AvgIpc) is 2.27. The summed E-state index contributed by atoms with van der Waals surface area (Å²) in [5.41, 5.74) is 6.98. The maximum absolute atomic E-state index is 11.8. The number of anilines is 1. The van der Waals surface area contributed by atoms with Crippen LogP contribution in [0.1, 0.15) is 25.8 Å². The Morgan fingerprint density at radius 1 is 1.37 bits per heavy atom. The minimum absolute atomic E-state index is 0.132. The predicted octanol–water partition coefficient (Wildman–Crippen LogP) is 1.43. The number of nitrogen functional groups attached to an aromatic ring is 1. The molecule has 0 fully saturated rings. The first kappa shape index (κ1) is 15.0. The Kier molecular flexibility index (Phi) is 5.36. The summed E-state index contributed by atoms with van der Waals surface area (Å²) in [6.45, 7) is 3.83. The molecule has 0 aliphatic heterocycles. The van der Waals surface area contributed by atoms with Crippen molar-refractivity contribution < 1.29 is 14.7 Å². The first-order valence-electron chi connectivity index (χ1n) is 6.25. The molecule has 104 valence electrons. The number of carboxylic acid groups (broad SMARTS) is 1. The van der Waals surface area contributed by atoms with Crippen LogP contribution in [0.5, 0.6) is 0 Å². The summed E-state index contributed by atoms with van der Waals surface area (Å²) in [5.74, 6) is -1.11. The van der Waals surface area contributed by atoms with Crippen molar-refractivity contribution in [3.05, 3.63) is 29.8 Å². The third-order valence-corrected chi connectivity index (χ3v) is 2.66. The van der Waals surface area contributed by atoms with Gasteiger partial charge in [-0.1, -0.05) is 26.0 Å². The van der Waals surface area contributed by atoms with Crippen LogP contribution in [0.2, 0.25) is 0 Å². The lowest BCUT2D eigenvalue weighted by molar-refractivity contribution is -0.142. The molecule has 19 heavy (non-hydrogen) atoms. The van der Waals surface area contributed by atoms with Crippen molar-refractivity contribution >= 4 is 17.6 Å². The van der Waals surface area contributed by atoms with E-state index in [2.05, 4.69) is 5.32 Å². The number of benzene rings is 1. The van der Waals surface area contributed by atoms with E-state index < -0.39 is 12.0 Å². The molecule has 5 nitrogen and oxygen atoms in total. The third kappa shape index (κ3) is 5.42. The van der Waals surface area contributed by atoms with Crippen LogP contribution in [0.25, 0.3) is 0 Å². The minimum atomic E-state index is -1.00. The Balaban J connectivity index is 2.60. The quantitative estimate of drug-likeness (QED) is 0.678. The zero-order valence-electron chi connectivity index (χ0n) is 11.2. The van der Waals surface area contributed by atoms with E-state index in [1.807, 2.05) is 13.8 Å². The van der Waals surface area contributed by atoms with Crippen molar-refractivity contribution in [2.75, 3.05) is 5.73 Å². The molecule has 0 heterocycles. The Labute approximate surface area is 112 Å². The second-order valence-corrected chi connectivity index (χ2v) is 5.01. The summed E-state index contributed by atoms with van der Waals surface area (Å²) in [5, 5.41) is 11.6. The Morgan fingerprint density at radius 2 is 2.05 bits per heavy atom. The highest BCUT2D eigenvalue weighted by Crippen LogP contribution is 2.08. The summed E-state index contributed by atoms with van der Waals surface area (Å²) < 4.78 is 0. The molecule has 0 aromatic heterocycles. The highest BCUT2D eigenvalue weighted by atomic mass is 16.4. The number of nitrogens with one attached hydrogen (secondary N) is 1. The monoisotopic (exact) mass is 264 g/mol. The molecule has 1 aromatic carbocycles. The lowest BCUT2D eigenvalue weighted by atomic mass is 10.0. The maximum atomic E-state index is 11.8. The van der Waals surface area contributed by atoms with Gasteiger partial charge in [-0.25, -0.2) is 4.79 Å². The Hall–Kier alpha value is -2.04.